The van der Waals surface area contributed by atoms with E-state index in [2.05, 4.69) is 53.7 Å². The highest BCUT2D eigenvalue weighted by atomic mass is 32.1. The second kappa shape index (κ2) is 7.35. The summed E-state index contributed by atoms with van der Waals surface area (Å²) in [6, 6.07) is 0. The molecule has 1 nitrogen and oxygen atoms in total. The summed E-state index contributed by atoms with van der Waals surface area (Å²) in [5.41, 5.74) is -0.0612. The molecule has 0 bridgehead atoms. The second-order valence-electron chi connectivity index (χ2n) is 7.75. The first-order valence-corrected chi connectivity index (χ1v) is 8.65. The first-order valence-electron chi connectivity index (χ1n) is 8.20. The van der Waals surface area contributed by atoms with Crippen LogP contribution in [0.15, 0.2) is 12.2 Å². The minimum atomic E-state index is -0.0612. The van der Waals surface area contributed by atoms with Crippen molar-refractivity contribution in [3.63, 3.8) is 0 Å². The highest BCUT2D eigenvalue weighted by Crippen LogP contribution is 2.34. The summed E-state index contributed by atoms with van der Waals surface area (Å²) in [5.74, 6) is 1.45. The molecule has 4 unspecified atom stereocenters. The van der Waals surface area contributed by atoms with Crippen molar-refractivity contribution in [2.75, 3.05) is 0 Å². The molecule has 0 aliphatic heterocycles. The van der Waals surface area contributed by atoms with E-state index >= 15 is 0 Å². The fourth-order valence-electron chi connectivity index (χ4n) is 3.48. The van der Waals surface area contributed by atoms with E-state index in [4.69, 9.17) is 17.4 Å². The van der Waals surface area contributed by atoms with Gasteiger partial charge in [-0.05, 0) is 50.9 Å². The summed E-state index contributed by atoms with van der Waals surface area (Å²) in [5, 5.41) is 0. The van der Waals surface area contributed by atoms with Crippen LogP contribution < -0.4 is 0 Å². The van der Waals surface area contributed by atoms with Crippen LogP contribution in [0.25, 0.3) is 0 Å². The molecule has 1 aliphatic carbocycles. The predicted molar refractivity (Wildman–Crippen MR) is 92.6 cm³/mol. The first kappa shape index (κ1) is 18.1. The molecule has 20 heavy (non-hydrogen) atoms. The van der Waals surface area contributed by atoms with Crippen LogP contribution in [0.4, 0.5) is 0 Å². The highest BCUT2D eigenvalue weighted by Gasteiger charge is 2.33. The largest absolute Gasteiger partial charge is 0.372 e. The number of thiol groups is 1. The molecule has 0 aromatic carbocycles. The van der Waals surface area contributed by atoms with Crippen molar-refractivity contribution in [3.05, 3.63) is 12.2 Å². The molecular weight excluding hydrogens is 264 g/mol. The number of hydrogen-bond donors (Lipinski definition) is 1. The van der Waals surface area contributed by atoms with Crippen LogP contribution in [0, 0.1) is 11.8 Å². The van der Waals surface area contributed by atoms with E-state index in [9.17, 15) is 0 Å². The van der Waals surface area contributed by atoms with Crippen molar-refractivity contribution >= 4 is 12.6 Å². The Morgan fingerprint density at radius 3 is 2.40 bits per heavy atom. The average Bonchev–Trinajstić information content (AvgIpc) is 2.23. The fraction of sp³-hybridized carbons (Fsp3) is 0.889. The number of rotatable bonds is 5. The number of ether oxygens (including phenoxy) is 1. The van der Waals surface area contributed by atoms with E-state index in [0.29, 0.717) is 12.0 Å². The van der Waals surface area contributed by atoms with Gasteiger partial charge < -0.3 is 4.74 Å². The van der Waals surface area contributed by atoms with E-state index in [0.717, 1.165) is 25.2 Å². The van der Waals surface area contributed by atoms with Gasteiger partial charge in [-0.1, -0.05) is 46.8 Å². The van der Waals surface area contributed by atoms with Crippen LogP contribution in [0.5, 0.6) is 0 Å². The third kappa shape index (κ3) is 6.67. The van der Waals surface area contributed by atoms with Crippen molar-refractivity contribution in [1.82, 2.24) is 0 Å². The third-order valence-electron chi connectivity index (χ3n) is 4.31. The zero-order chi connectivity index (χ0) is 15.4. The lowest BCUT2D eigenvalue weighted by Crippen LogP contribution is -2.39. The summed E-state index contributed by atoms with van der Waals surface area (Å²) >= 11 is 4.69. The summed E-state index contributed by atoms with van der Waals surface area (Å²) in [6.45, 7) is 13.5. The third-order valence-corrected chi connectivity index (χ3v) is 4.47. The molecule has 1 rings (SSSR count). The Labute approximate surface area is 132 Å². The lowest BCUT2D eigenvalue weighted by molar-refractivity contribution is -0.0994. The van der Waals surface area contributed by atoms with E-state index in [1.165, 1.54) is 12.8 Å². The van der Waals surface area contributed by atoms with Gasteiger partial charge in [-0.3, -0.25) is 0 Å². The molecule has 4 atom stereocenters. The van der Waals surface area contributed by atoms with Crippen molar-refractivity contribution in [3.8, 4) is 0 Å². The summed E-state index contributed by atoms with van der Waals surface area (Å²) < 4.78 is 6.56. The Kier molecular flexibility index (Phi) is 6.66. The molecule has 2 heteroatoms. The molecule has 0 N–H and O–H groups in total. The van der Waals surface area contributed by atoms with Gasteiger partial charge in [0.2, 0.25) is 0 Å². The predicted octanol–water partition coefficient (Wildman–Crippen LogP) is 5.65. The van der Waals surface area contributed by atoms with E-state index < -0.39 is 0 Å². The van der Waals surface area contributed by atoms with Gasteiger partial charge >= 0.3 is 0 Å². The Bertz CT molecular complexity index is 318. The van der Waals surface area contributed by atoms with Crippen molar-refractivity contribution in [2.24, 2.45) is 11.8 Å². The average molecular weight is 299 g/mol. The SMILES string of the molecule is CCC(C)(CC(C)(C)S)OC1C/C=C\C(C)CC(C)C1. The zero-order valence-corrected chi connectivity index (χ0v) is 15.2. The Morgan fingerprint density at radius 2 is 1.85 bits per heavy atom. The molecule has 0 aromatic heterocycles. The molecule has 118 valence electrons. The van der Waals surface area contributed by atoms with Gasteiger partial charge in [-0.25, -0.2) is 0 Å². The normalized spacial score (nSPS) is 33.0. The lowest BCUT2D eigenvalue weighted by Gasteiger charge is -2.38. The van der Waals surface area contributed by atoms with Gasteiger partial charge in [0.05, 0.1) is 11.7 Å². The van der Waals surface area contributed by atoms with E-state index in [1.807, 2.05) is 0 Å². The minimum absolute atomic E-state index is 0.0162. The number of allylic oxidation sites excluding steroid dienone is 1. The van der Waals surface area contributed by atoms with Gasteiger partial charge in [0.1, 0.15) is 0 Å². The van der Waals surface area contributed by atoms with Crippen molar-refractivity contribution < 1.29 is 4.74 Å². The summed E-state index contributed by atoms with van der Waals surface area (Å²) in [6.07, 6.45) is 10.6. The smallest absolute Gasteiger partial charge is 0.0668 e. The quantitative estimate of drug-likeness (QED) is 0.509. The topological polar surface area (TPSA) is 9.23 Å². The molecule has 0 amide bonds. The Morgan fingerprint density at radius 1 is 1.20 bits per heavy atom. The van der Waals surface area contributed by atoms with Crippen LogP contribution in [0.2, 0.25) is 0 Å². The monoisotopic (exact) mass is 298 g/mol. The van der Waals surface area contributed by atoms with Crippen LogP contribution in [-0.2, 0) is 4.74 Å². The molecule has 0 spiro atoms. The summed E-state index contributed by atoms with van der Waals surface area (Å²) in [7, 11) is 0. The molecule has 1 aliphatic rings. The maximum atomic E-state index is 6.55. The Balaban J connectivity index is 2.70. The summed E-state index contributed by atoms with van der Waals surface area (Å²) in [4.78, 5) is 0. The van der Waals surface area contributed by atoms with Crippen LogP contribution in [0.1, 0.15) is 73.6 Å². The van der Waals surface area contributed by atoms with Gasteiger partial charge in [-0.15, -0.1) is 0 Å². The Hall–Kier alpha value is 0.0500. The van der Waals surface area contributed by atoms with Gasteiger partial charge in [0.15, 0.2) is 0 Å². The minimum Gasteiger partial charge on any atom is -0.372 e. The van der Waals surface area contributed by atoms with E-state index in [-0.39, 0.29) is 10.3 Å². The molecular formula is C18H34OS. The molecule has 0 saturated heterocycles. The molecule has 0 fully saturated rings. The van der Waals surface area contributed by atoms with E-state index in [1.54, 1.807) is 0 Å². The molecule has 0 saturated carbocycles. The molecule has 0 aromatic rings. The lowest BCUT2D eigenvalue weighted by atomic mass is 9.87. The van der Waals surface area contributed by atoms with Gasteiger partial charge in [0, 0.05) is 4.75 Å². The van der Waals surface area contributed by atoms with Crippen molar-refractivity contribution in [2.45, 2.75) is 90.1 Å². The van der Waals surface area contributed by atoms with Crippen LogP contribution in [-0.4, -0.2) is 16.5 Å². The second-order valence-corrected chi connectivity index (χ2v) is 8.96. The van der Waals surface area contributed by atoms with Gasteiger partial charge in [0.25, 0.3) is 0 Å². The van der Waals surface area contributed by atoms with Crippen LogP contribution in [0.3, 0.4) is 0 Å². The molecule has 0 heterocycles. The highest BCUT2D eigenvalue weighted by molar-refractivity contribution is 7.81. The van der Waals surface area contributed by atoms with Crippen molar-refractivity contribution in [1.29, 1.82) is 0 Å². The fourth-order valence-corrected chi connectivity index (χ4v) is 3.82. The first-order chi connectivity index (χ1) is 9.13. The standard InChI is InChI=1S/C18H34OS/c1-7-18(6,13-17(4,5)20)19-16-10-8-9-14(2)11-15(3)12-16/h8-9,14-16,20H,7,10-13H2,1-6H3/b9-8-. The molecule has 0 radical (unpaired) electrons. The maximum Gasteiger partial charge on any atom is 0.0668 e. The number of hydrogen-bond acceptors (Lipinski definition) is 2. The maximum absolute atomic E-state index is 6.55. The van der Waals surface area contributed by atoms with Gasteiger partial charge in [-0.2, -0.15) is 12.6 Å². The zero-order valence-electron chi connectivity index (χ0n) is 14.3. The van der Waals surface area contributed by atoms with Crippen LogP contribution >= 0.6 is 12.6 Å².